The van der Waals surface area contributed by atoms with Crippen molar-refractivity contribution >= 4 is 23.8 Å². The van der Waals surface area contributed by atoms with E-state index in [4.69, 9.17) is 9.47 Å². The maximum atomic E-state index is 15.3. The van der Waals surface area contributed by atoms with E-state index in [1.807, 2.05) is 6.07 Å². The van der Waals surface area contributed by atoms with Crippen molar-refractivity contribution in [1.29, 1.82) is 0 Å². The van der Waals surface area contributed by atoms with E-state index in [9.17, 15) is 27.6 Å². The third kappa shape index (κ3) is 10.1. The molecule has 0 bridgehead atoms. The summed E-state index contributed by atoms with van der Waals surface area (Å²) >= 11 is 0. The third-order valence-corrected chi connectivity index (χ3v) is 7.96. The van der Waals surface area contributed by atoms with Crippen molar-refractivity contribution in [3.63, 3.8) is 0 Å². The van der Waals surface area contributed by atoms with Gasteiger partial charge in [-0.05, 0) is 61.7 Å². The summed E-state index contributed by atoms with van der Waals surface area (Å²) in [5.74, 6) is 0.844. The van der Waals surface area contributed by atoms with Crippen molar-refractivity contribution < 1.29 is 41.4 Å². The highest BCUT2D eigenvalue weighted by Gasteiger charge is 2.34. The molecule has 0 spiro atoms. The number of carbonyl (C=O) groups excluding carboxylic acids is 3. The molecule has 0 radical (unpaired) electrons. The van der Waals surface area contributed by atoms with Gasteiger partial charge in [0.1, 0.15) is 35.7 Å². The molecule has 0 saturated carbocycles. The van der Waals surface area contributed by atoms with Crippen LogP contribution in [-0.4, -0.2) is 64.2 Å². The Morgan fingerprint density at radius 1 is 0.885 bits per heavy atom. The zero-order valence-corrected chi connectivity index (χ0v) is 28.7. The van der Waals surface area contributed by atoms with Gasteiger partial charge < -0.3 is 19.7 Å². The number of pyridine rings is 1. The van der Waals surface area contributed by atoms with Crippen LogP contribution in [-0.2, 0) is 20.9 Å². The lowest BCUT2D eigenvalue weighted by atomic mass is 9.88. The van der Waals surface area contributed by atoms with Crippen molar-refractivity contribution in [1.82, 2.24) is 14.8 Å². The second-order valence-corrected chi connectivity index (χ2v) is 13.0. The van der Waals surface area contributed by atoms with Crippen molar-refractivity contribution in [2.75, 3.05) is 25.0 Å². The molecule has 9 nitrogen and oxygen atoms in total. The van der Waals surface area contributed by atoms with Gasteiger partial charge in [0.15, 0.2) is 5.82 Å². The highest BCUT2D eigenvalue weighted by atomic mass is 19.1. The van der Waals surface area contributed by atoms with E-state index in [-0.39, 0.29) is 49.5 Å². The number of anilines is 1. The summed E-state index contributed by atoms with van der Waals surface area (Å²) in [7, 11) is 0. The normalized spacial score (nSPS) is 14.9. The van der Waals surface area contributed by atoms with E-state index in [0.717, 1.165) is 36.0 Å². The fourth-order valence-electron chi connectivity index (χ4n) is 5.52. The summed E-state index contributed by atoms with van der Waals surface area (Å²) in [4.78, 5) is 46.2. The molecule has 0 unspecified atom stereocenters. The van der Waals surface area contributed by atoms with E-state index in [1.165, 1.54) is 28.1 Å². The lowest BCUT2D eigenvalue weighted by Gasteiger charge is -2.38. The molecule has 2 heterocycles. The molecular formula is C39H36F4N4O5. The van der Waals surface area contributed by atoms with Gasteiger partial charge in [-0.2, -0.15) is 0 Å². The van der Waals surface area contributed by atoms with Crippen LogP contribution in [0, 0.1) is 35.1 Å². The topological polar surface area (TPSA) is 101 Å². The number of nitrogens with zero attached hydrogens (tertiary/aromatic N) is 3. The number of nitrogens with one attached hydrogen (secondary N) is 1. The molecule has 2 atom stereocenters. The largest absolute Gasteiger partial charge is 0.445 e. The molecule has 13 heteroatoms. The summed E-state index contributed by atoms with van der Waals surface area (Å²) in [6, 6.07) is 16.0. The first-order chi connectivity index (χ1) is 24.8. The quantitative estimate of drug-likeness (QED) is 0.158. The van der Waals surface area contributed by atoms with E-state index >= 15 is 4.39 Å². The molecule has 52 heavy (non-hydrogen) atoms. The van der Waals surface area contributed by atoms with Gasteiger partial charge in [0.05, 0.1) is 30.2 Å². The molecule has 270 valence electrons. The van der Waals surface area contributed by atoms with Crippen LogP contribution in [0.15, 0.2) is 85.2 Å². The van der Waals surface area contributed by atoms with Gasteiger partial charge >= 0.3 is 12.2 Å². The Bertz CT molecular complexity index is 1960. The van der Waals surface area contributed by atoms with Gasteiger partial charge in [-0.15, -0.1) is 0 Å². The number of piperazine rings is 1. The predicted octanol–water partition coefficient (Wildman–Crippen LogP) is 7.41. The van der Waals surface area contributed by atoms with Crippen molar-refractivity contribution in [3.8, 4) is 11.8 Å². The smallest absolute Gasteiger partial charge is 0.411 e. The fraction of sp³-hybridized carbons (Fsp3) is 0.282. The molecule has 4 aromatic rings. The Morgan fingerprint density at radius 3 is 2.25 bits per heavy atom. The van der Waals surface area contributed by atoms with Crippen molar-refractivity contribution in [2.45, 2.75) is 51.4 Å². The number of halogens is 4. The molecule has 1 aromatic heterocycles. The van der Waals surface area contributed by atoms with Gasteiger partial charge in [-0.25, -0.2) is 27.2 Å². The van der Waals surface area contributed by atoms with Crippen LogP contribution in [0.2, 0.25) is 0 Å². The number of carbonyl (C=O) groups is 3. The van der Waals surface area contributed by atoms with Crippen LogP contribution in [0.25, 0.3) is 0 Å². The number of ether oxygens (including phenoxy) is 2. The second-order valence-electron chi connectivity index (χ2n) is 13.0. The Morgan fingerprint density at radius 2 is 1.58 bits per heavy atom. The molecule has 1 saturated heterocycles. The average molecular weight is 717 g/mol. The molecule has 3 aromatic carbocycles. The summed E-state index contributed by atoms with van der Waals surface area (Å²) in [6.45, 7) is 5.24. The molecule has 0 aliphatic carbocycles. The van der Waals surface area contributed by atoms with E-state index in [2.05, 4.69) is 22.1 Å². The van der Waals surface area contributed by atoms with E-state index in [0.29, 0.717) is 11.6 Å². The van der Waals surface area contributed by atoms with E-state index in [1.54, 1.807) is 45.0 Å². The maximum absolute atomic E-state index is 15.3. The number of aromatic nitrogens is 1. The van der Waals surface area contributed by atoms with Gasteiger partial charge in [0.25, 0.3) is 0 Å². The first-order valence-electron chi connectivity index (χ1n) is 16.4. The molecule has 5 rings (SSSR count). The SMILES string of the molecule is CC(C)(C)OC(=O)N1CCN(C(=O)OCc2ccccc2)[C@@H](C#Cc2c(F)cncc2NC(=O)C[C@@H](c2ccc(F)cc2)c2cc(F)cc(F)c2)C1. The van der Waals surface area contributed by atoms with Crippen molar-refractivity contribution in [3.05, 3.63) is 131 Å². The molecule has 1 fully saturated rings. The Kier molecular flexibility index (Phi) is 11.8. The molecule has 3 amide bonds. The van der Waals surface area contributed by atoms with Gasteiger partial charge in [0.2, 0.25) is 5.91 Å². The Labute approximate surface area is 298 Å². The molecule has 1 N–H and O–H groups in total. The zero-order valence-electron chi connectivity index (χ0n) is 28.7. The third-order valence-electron chi connectivity index (χ3n) is 7.96. The Hall–Kier alpha value is -5.90. The lowest BCUT2D eigenvalue weighted by Crippen LogP contribution is -2.56. The monoisotopic (exact) mass is 716 g/mol. The van der Waals surface area contributed by atoms with Crippen LogP contribution >= 0.6 is 0 Å². The molecule has 1 aliphatic heterocycles. The van der Waals surface area contributed by atoms with Crippen molar-refractivity contribution in [2.24, 2.45) is 0 Å². The number of amides is 3. The van der Waals surface area contributed by atoms with E-state index < -0.39 is 58.9 Å². The fourth-order valence-corrected chi connectivity index (χ4v) is 5.52. The minimum absolute atomic E-state index is 0.0115. The number of rotatable bonds is 7. The minimum atomic E-state index is -0.966. The second kappa shape index (κ2) is 16.4. The molecular weight excluding hydrogens is 680 g/mol. The zero-order chi connectivity index (χ0) is 37.4. The summed E-state index contributed by atoms with van der Waals surface area (Å²) < 4.78 is 68.5. The summed E-state index contributed by atoms with van der Waals surface area (Å²) in [5, 5.41) is 2.58. The average Bonchev–Trinajstić information content (AvgIpc) is 3.09. The summed E-state index contributed by atoms with van der Waals surface area (Å²) in [5.41, 5.74) is 0.141. The first-order valence-corrected chi connectivity index (χ1v) is 16.4. The highest BCUT2D eigenvalue weighted by molar-refractivity contribution is 5.93. The first kappa shape index (κ1) is 37.4. The minimum Gasteiger partial charge on any atom is -0.445 e. The predicted molar refractivity (Wildman–Crippen MR) is 184 cm³/mol. The van der Waals surface area contributed by atoms with Crippen LogP contribution in [0.4, 0.5) is 32.8 Å². The standard InChI is InChI=1S/C39H36F4N4O5/c1-39(2,3)52-37(49)46-15-16-47(38(50)51-24-25-7-5-4-6-8-25)31(23-46)13-14-32-34(43)21-44-22-35(32)45-36(48)20-33(26-9-11-28(40)12-10-26)27-17-29(41)19-30(42)18-27/h4-12,17-19,21-22,31,33H,15-16,20,23-24H2,1-3H3,(H,45,48)/t31-,33-/m0/s1. The van der Waals surface area contributed by atoms with Gasteiger partial charge in [0, 0.05) is 31.5 Å². The Balaban J connectivity index is 1.40. The van der Waals surface area contributed by atoms with Crippen LogP contribution < -0.4 is 5.32 Å². The highest BCUT2D eigenvalue weighted by Crippen LogP contribution is 2.30. The van der Waals surface area contributed by atoms with Crippen LogP contribution in [0.1, 0.15) is 55.4 Å². The maximum Gasteiger partial charge on any atom is 0.411 e. The number of benzene rings is 3. The summed E-state index contributed by atoms with van der Waals surface area (Å²) in [6.07, 6.45) is 0.396. The number of hydrogen-bond acceptors (Lipinski definition) is 6. The van der Waals surface area contributed by atoms with Crippen LogP contribution in [0.3, 0.4) is 0 Å². The van der Waals surface area contributed by atoms with Crippen LogP contribution in [0.5, 0.6) is 0 Å². The lowest BCUT2D eigenvalue weighted by molar-refractivity contribution is -0.116. The van der Waals surface area contributed by atoms with Gasteiger partial charge in [-0.3, -0.25) is 14.7 Å². The van der Waals surface area contributed by atoms with Gasteiger partial charge in [-0.1, -0.05) is 54.3 Å². The number of hydrogen-bond donors (Lipinski definition) is 1. The molecule has 1 aliphatic rings.